The molecular formula is C6H4O4. The Kier molecular flexibility index (Phi) is 1.62. The van der Waals surface area contributed by atoms with E-state index in [1.165, 1.54) is 0 Å². The minimum Gasteiger partial charge on any atom is -0.471 e. The van der Waals surface area contributed by atoms with Crippen molar-refractivity contribution in [2.24, 2.45) is 0 Å². The van der Waals surface area contributed by atoms with Gasteiger partial charge in [-0.15, -0.1) is 0 Å². The molecule has 0 radical (unpaired) electrons. The van der Waals surface area contributed by atoms with Gasteiger partial charge in [-0.3, -0.25) is 14.4 Å². The van der Waals surface area contributed by atoms with Crippen LogP contribution in [0, 0.1) is 0 Å². The second kappa shape index (κ2) is 2.43. The molecule has 0 aliphatic carbocycles. The minimum atomic E-state index is -1.10. The zero-order valence-corrected chi connectivity index (χ0v) is 4.94. The van der Waals surface area contributed by atoms with Crippen LogP contribution in [0.15, 0.2) is 11.8 Å². The van der Waals surface area contributed by atoms with E-state index >= 15 is 0 Å². The molecule has 0 fully saturated rings. The van der Waals surface area contributed by atoms with Crippen LogP contribution in [0.25, 0.3) is 0 Å². The van der Waals surface area contributed by atoms with Gasteiger partial charge in [0, 0.05) is 6.08 Å². The summed E-state index contributed by atoms with van der Waals surface area (Å²) in [5.41, 5.74) is 0. The summed E-state index contributed by atoms with van der Waals surface area (Å²) >= 11 is 0. The van der Waals surface area contributed by atoms with E-state index in [0.29, 0.717) is 12.6 Å². The van der Waals surface area contributed by atoms with Crippen LogP contribution in [-0.2, 0) is 19.1 Å². The predicted molar refractivity (Wildman–Crippen MR) is 30.1 cm³/mol. The van der Waals surface area contributed by atoms with Crippen molar-refractivity contribution < 1.29 is 19.1 Å². The van der Waals surface area contributed by atoms with E-state index < -0.39 is 11.9 Å². The maximum atomic E-state index is 10.6. The summed E-state index contributed by atoms with van der Waals surface area (Å²) in [6, 6.07) is 0. The first-order valence-electron chi connectivity index (χ1n) is 2.60. The smallest absolute Gasteiger partial charge is 0.216 e. The Morgan fingerprint density at radius 2 is 2.20 bits per heavy atom. The molecule has 4 nitrogen and oxygen atoms in total. The summed E-state index contributed by atoms with van der Waals surface area (Å²) in [6.45, 7) is 0. The zero-order chi connectivity index (χ0) is 7.56. The number of hydrogen-bond donors (Lipinski definition) is 0. The standard InChI is InChI=1S/C6H4O4/c7-2-4-1-5(9)6(3-8)10-4/h1-3,6H. The van der Waals surface area contributed by atoms with Gasteiger partial charge in [-0.05, 0) is 0 Å². The van der Waals surface area contributed by atoms with Gasteiger partial charge in [-0.2, -0.15) is 0 Å². The number of ether oxygens (including phenoxy) is 1. The molecule has 0 aromatic carbocycles. The number of aldehydes is 2. The lowest BCUT2D eigenvalue weighted by atomic mass is 10.3. The van der Waals surface area contributed by atoms with Gasteiger partial charge in [0.15, 0.2) is 18.3 Å². The number of ketones is 1. The Morgan fingerprint density at radius 1 is 1.50 bits per heavy atom. The highest BCUT2D eigenvalue weighted by Gasteiger charge is 2.25. The van der Waals surface area contributed by atoms with Crippen LogP contribution < -0.4 is 0 Å². The third-order valence-corrected chi connectivity index (χ3v) is 1.07. The summed E-state index contributed by atoms with van der Waals surface area (Å²) in [7, 11) is 0. The number of carbonyl (C=O) groups is 3. The first kappa shape index (κ1) is 6.67. The predicted octanol–water partition coefficient (Wildman–Crippen LogP) is -0.764. The summed E-state index contributed by atoms with van der Waals surface area (Å²) in [6.07, 6.45) is 0.656. The maximum absolute atomic E-state index is 10.6. The highest BCUT2D eigenvalue weighted by atomic mass is 16.5. The summed E-state index contributed by atoms with van der Waals surface area (Å²) in [5.74, 6) is -0.556. The van der Waals surface area contributed by atoms with E-state index in [1.807, 2.05) is 0 Å². The molecule has 1 heterocycles. The van der Waals surface area contributed by atoms with E-state index in [2.05, 4.69) is 4.74 Å². The molecule has 0 N–H and O–H groups in total. The van der Waals surface area contributed by atoms with Gasteiger partial charge in [0.25, 0.3) is 0 Å². The summed E-state index contributed by atoms with van der Waals surface area (Å²) in [5, 5.41) is 0. The van der Waals surface area contributed by atoms with Crippen LogP contribution in [0.2, 0.25) is 0 Å². The lowest BCUT2D eigenvalue weighted by Crippen LogP contribution is -2.17. The van der Waals surface area contributed by atoms with Crippen molar-refractivity contribution in [3.8, 4) is 0 Å². The number of rotatable bonds is 2. The molecule has 1 aliphatic heterocycles. The van der Waals surface area contributed by atoms with E-state index in [9.17, 15) is 14.4 Å². The van der Waals surface area contributed by atoms with Gasteiger partial charge in [0.05, 0.1) is 0 Å². The molecule has 10 heavy (non-hydrogen) atoms. The lowest BCUT2D eigenvalue weighted by Gasteiger charge is -1.98. The molecule has 1 aliphatic rings. The molecule has 1 unspecified atom stereocenters. The molecule has 0 amide bonds. The van der Waals surface area contributed by atoms with Crippen molar-refractivity contribution in [1.29, 1.82) is 0 Å². The Labute approximate surface area is 56.5 Å². The van der Waals surface area contributed by atoms with Crippen molar-refractivity contribution in [3.63, 3.8) is 0 Å². The van der Waals surface area contributed by atoms with E-state index in [0.717, 1.165) is 6.08 Å². The third-order valence-electron chi connectivity index (χ3n) is 1.07. The molecule has 0 spiro atoms. The van der Waals surface area contributed by atoms with Crippen molar-refractivity contribution in [2.45, 2.75) is 6.10 Å². The van der Waals surface area contributed by atoms with Crippen molar-refractivity contribution >= 4 is 18.4 Å². The van der Waals surface area contributed by atoms with Crippen LogP contribution in [0.3, 0.4) is 0 Å². The van der Waals surface area contributed by atoms with Gasteiger partial charge < -0.3 is 4.74 Å². The second-order valence-electron chi connectivity index (χ2n) is 1.74. The third kappa shape index (κ3) is 0.953. The van der Waals surface area contributed by atoms with Crippen LogP contribution in [0.1, 0.15) is 0 Å². The highest BCUT2D eigenvalue weighted by molar-refractivity contribution is 6.08. The topological polar surface area (TPSA) is 60.4 Å². The summed E-state index contributed by atoms with van der Waals surface area (Å²) < 4.78 is 4.55. The average molecular weight is 140 g/mol. The number of allylic oxidation sites excluding steroid dienone is 1. The Morgan fingerprint density at radius 3 is 2.50 bits per heavy atom. The number of carbonyl (C=O) groups excluding carboxylic acids is 3. The zero-order valence-electron chi connectivity index (χ0n) is 4.94. The molecule has 0 bridgehead atoms. The molecule has 52 valence electrons. The van der Waals surface area contributed by atoms with E-state index in [-0.39, 0.29) is 5.76 Å². The van der Waals surface area contributed by atoms with Crippen LogP contribution >= 0.6 is 0 Å². The van der Waals surface area contributed by atoms with Gasteiger partial charge in [0.2, 0.25) is 11.9 Å². The number of hydrogen-bond acceptors (Lipinski definition) is 4. The lowest BCUT2D eigenvalue weighted by molar-refractivity contribution is -0.128. The average Bonchev–Trinajstić information content (AvgIpc) is 2.30. The minimum absolute atomic E-state index is 0.0814. The van der Waals surface area contributed by atoms with Crippen molar-refractivity contribution in [2.75, 3.05) is 0 Å². The van der Waals surface area contributed by atoms with Crippen LogP contribution in [0.4, 0.5) is 0 Å². The highest BCUT2D eigenvalue weighted by Crippen LogP contribution is 2.09. The van der Waals surface area contributed by atoms with E-state index in [4.69, 9.17) is 0 Å². The quantitative estimate of drug-likeness (QED) is 0.373. The molecule has 0 saturated heterocycles. The van der Waals surface area contributed by atoms with Crippen LogP contribution in [-0.4, -0.2) is 24.5 Å². The van der Waals surface area contributed by atoms with Crippen LogP contribution in [0.5, 0.6) is 0 Å². The van der Waals surface area contributed by atoms with E-state index in [1.54, 1.807) is 0 Å². The fraction of sp³-hybridized carbons (Fsp3) is 0.167. The molecule has 4 heteroatoms. The normalized spacial score (nSPS) is 23.4. The Bertz CT molecular complexity index is 216. The van der Waals surface area contributed by atoms with Gasteiger partial charge >= 0.3 is 0 Å². The fourth-order valence-corrected chi connectivity index (χ4v) is 0.618. The van der Waals surface area contributed by atoms with Gasteiger partial charge in [0.1, 0.15) is 0 Å². The monoisotopic (exact) mass is 140 g/mol. The fourth-order valence-electron chi connectivity index (χ4n) is 0.618. The molecule has 0 aromatic rings. The van der Waals surface area contributed by atoms with Gasteiger partial charge in [-0.25, -0.2) is 0 Å². The molecule has 0 aromatic heterocycles. The summed E-state index contributed by atoms with van der Waals surface area (Å²) in [4.78, 5) is 30.5. The maximum Gasteiger partial charge on any atom is 0.216 e. The molecule has 0 saturated carbocycles. The first-order valence-corrected chi connectivity index (χ1v) is 2.60. The van der Waals surface area contributed by atoms with Gasteiger partial charge in [-0.1, -0.05) is 0 Å². The molecule has 1 atom stereocenters. The molecular weight excluding hydrogens is 136 g/mol. The largest absolute Gasteiger partial charge is 0.471 e. The molecule has 1 rings (SSSR count). The van der Waals surface area contributed by atoms with Crippen molar-refractivity contribution in [1.82, 2.24) is 0 Å². The first-order chi connectivity index (χ1) is 4.77. The Hall–Kier alpha value is -1.45. The van der Waals surface area contributed by atoms with Crippen molar-refractivity contribution in [3.05, 3.63) is 11.8 Å². The Balaban J connectivity index is 2.74. The SMILES string of the molecule is O=CC1=CC(=O)C(C=O)O1. The second-order valence-corrected chi connectivity index (χ2v) is 1.74.